The Balaban J connectivity index is 1.79. The van der Waals surface area contributed by atoms with Crippen molar-refractivity contribution in [3.05, 3.63) is 51.7 Å². The third-order valence-electron chi connectivity index (χ3n) is 3.79. The number of ether oxygens (including phenoxy) is 1. The topological polar surface area (TPSA) is 55.4 Å². The largest absolute Gasteiger partial charge is 0.453 e. The molecule has 2 rings (SSSR count). The number of esters is 1. The molecule has 1 atom stereocenters. The van der Waals surface area contributed by atoms with Crippen LogP contribution in [0.4, 0.5) is 5.69 Å². The molecule has 0 unspecified atom stereocenters. The van der Waals surface area contributed by atoms with Crippen LogP contribution >= 0.6 is 11.3 Å². The van der Waals surface area contributed by atoms with E-state index in [2.05, 4.69) is 11.4 Å². The Morgan fingerprint density at radius 1 is 1.17 bits per heavy atom. The maximum atomic E-state index is 12.2. The second-order valence-corrected chi connectivity index (χ2v) is 6.85. The standard InChI is InChI=1S/C19H23NO3S/c1-13-7-4-8-14(2)18(13)20-19(22)15(3)23-17(21)11-5-9-16-10-6-12-24-16/h4,6-8,10,12,15H,5,9,11H2,1-3H3,(H,20,22)/t15-/m1/s1. The van der Waals surface area contributed by atoms with Gasteiger partial charge in [-0.15, -0.1) is 11.3 Å². The summed E-state index contributed by atoms with van der Waals surface area (Å²) in [6.07, 6.45) is 1.09. The predicted octanol–water partition coefficient (Wildman–Crippen LogP) is 4.26. The van der Waals surface area contributed by atoms with Crippen molar-refractivity contribution < 1.29 is 14.3 Å². The van der Waals surface area contributed by atoms with E-state index >= 15 is 0 Å². The van der Waals surface area contributed by atoms with Crippen molar-refractivity contribution in [2.75, 3.05) is 5.32 Å². The van der Waals surface area contributed by atoms with Gasteiger partial charge in [-0.05, 0) is 56.2 Å². The van der Waals surface area contributed by atoms with E-state index in [0.717, 1.165) is 29.7 Å². The summed E-state index contributed by atoms with van der Waals surface area (Å²) in [5.41, 5.74) is 2.75. The molecule has 24 heavy (non-hydrogen) atoms. The molecule has 0 fully saturated rings. The van der Waals surface area contributed by atoms with Gasteiger partial charge >= 0.3 is 5.97 Å². The van der Waals surface area contributed by atoms with Gasteiger partial charge in [0, 0.05) is 17.0 Å². The molecule has 0 bridgehead atoms. The minimum Gasteiger partial charge on any atom is -0.453 e. The number of nitrogens with one attached hydrogen (secondary N) is 1. The van der Waals surface area contributed by atoms with E-state index in [1.54, 1.807) is 18.3 Å². The SMILES string of the molecule is Cc1cccc(C)c1NC(=O)[C@@H](C)OC(=O)CCCc1cccs1. The van der Waals surface area contributed by atoms with Crippen molar-refractivity contribution in [2.24, 2.45) is 0 Å². The fourth-order valence-electron chi connectivity index (χ4n) is 2.41. The van der Waals surface area contributed by atoms with Crippen LogP contribution < -0.4 is 5.32 Å². The molecule has 1 aromatic heterocycles. The Morgan fingerprint density at radius 2 is 1.88 bits per heavy atom. The average molecular weight is 345 g/mol. The fourth-order valence-corrected chi connectivity index (χ4v) is 3.16. The van der Waals surface area contributed by atoms with Crippen LogP contribution in [-0.4, -0.2) is 18.0 Å². The van der Waals surface area contributed by atoms with E-state index in [-0.39, 0.29) is 11.9 Å². The van der Waals surface area contributed by atoms with Gasteiger partial charge < -0.3 is 10.1 Å². The molecule has 2 aromatic rings. The van der Waals surface area contributed by atoms with Gasteiger partial charge in [-0.1, -0.05) is 24.3 Å². The summed E-state index contributed by atoms with van der Waals surface area (Å²) in [6, 6.07) is 9.86. The summed E-state index contributed by atoms with van der Waals surface area (Å²) in [5.74, 6) is -0.644. The Bertz CT molecular complexity index is 674. The van der Waals surface area contributed by atoms with Gasteiger partial charge in [0.1, 0.15) is 0 Å². The number of rotatable bonds is 7. The number of amides is 1. The van der Waals surface area contributed by atoms with Crippen LogP contribution in [0.2, 0.25) is 0 Å². The van der Waals surface area contributed by atoms with Crippen molar-refractivity contribution in [1.29, 1.82) is 0 Å². The molecular weight excluding hydrogens is 322 g/mol. The normalized spacial score (nSPS) is 11.8. The van der Waals surface area contributed by atoms with Crippen molar-refractivity contribution in [3.63, 3.8) is 0 Å². The molecule has 128 valence electrons. The average Bonchev–Trinajstić information content (AvgIpc) is 3.04. The minimum atomic E-state index is -0.807. The number of hydrogen-bond acceptors (Lipinski definition) is 4. The minimum absolute atomic E-state index is 0.306. The second-order valence-electron chi connectivity index (χ2n) is 5.82. The van der Waals surface area contributed by atoms with Crippen LogP contribution in [0.3, 0.4) is 0 Å². The van der Waals surface area contributed by atoms with E-state index in [9.17, 15) is 9.59 Å². The highest BCUT2D eigenvalue weighted by Gasteiger charge is 2.19. The Labute approximate surface area is 146 Å². The molecular formula is C19H23NO3S. The molecule has 0 aliphatic heterocycles. The number of thiophene rings is 1. The lowest BCUT2D eigenvalue weighted by Gasteiger charge is -2.16. The molecule has 0 aliphatic rings. The number of hydrogen-bond donors (Lipinski definition) is 1. The number of aryl methyl sites for hydroxylation is 3. The number of carbonyl (C=O) groups excluding carboxylic acids is 2. The summed E-state index contributed by atoms with van der Waals surface area (Å²) < 4.78 is 5.24. The van der Waals surface area contributed by atoms with Gasteiger partial charge in [-0.25, -0.2) is 0 Å². The van der Waals surface area contributed by atoms with E-state index in [0.29, 0.717) is 6.42 Å². The zero-order valence-electron chi connectivity index (χ0n) is 14.3. The second kappa shape index (κ2) is 8.64. The molecule has 0 saturated heterocycles. The van der Waals surface area contributed by atoms with Gasteiger partial charge in [-0.3, -0.25) is 9.59 Å². The molecule has 0 spiro atoms. The van der Waals surface area contributed by atoms with Crippen LogP contribution in [0.1, 0.15) is 35.8 Å². The zero-order valence-corrected chi connectivity index (χ0v) is 15.1. The first-order chi connectivity index (χ1) is 11.5. The van der Waals surface area contributed by atoms with Crippen LogP contribution in [0.5, 0.6) is 0 Å². The van der Waals surface area contributed by atoms with Gasteiger partial charge in [0.05, 0.1) is 0 Å². The number of benzene rings is 1. The predicted molar refractivity (Wildman–Crippen MR) is 97.4 cm³/mol. The van der Waals surface area contributed by atoms with Gasteiger partial charge in [0.15, 0.2) is 6.10 Å². The lowest BCUT2D eigenvalue weighted by molar-refractivity contribution is -0.153. The summed E-state index contributed by atoms with van der Waals surface area (Å²) in [5, 5.41) is 4.87. The third kappa shape index (κ3) is 5.20. The number of para-hydroxylation sites is 1. The first-order valence-electron chi connectivity index (χ1n) is 8.06. The first kappa shape index (κ1) is 18.2. The maximum absolute atomic E-state index is 12.2. The molecule has 0 saturated carbocycles. The summed E-state index contributed by atoms with van der Waals surface area (Å²) in [7, 11) is 0. The molecule has 0 radical (unpaired) electrons. The quantitative estimate of drug-likeness (QED) is 0.763. The first-order valence-corrected chi connectivity index (χ1v) is 8.94. The summed E-state index contributed by atoms with van der Waals surface area (Å²) >= 11 is 1.68. The third-order valence-corrected chi connectivity index (χ3v) is 4.73. The molecule has 0 aliphatic carbocycles. The van der Waals surface area contributed by atoms with E-state index < -0.39 is 6.10 Å². The summed E-state index contributed by atoms with van der Waals surface area (Å²) in [4.78, 5) is 25.4. The molecule has 4 nitrogen and oxygen atoms in total. The van der Waals surface area contributed by atoms with Crippen LogP contribution in [0.25, 0.3) is 0 Å². The fraction of sp³-hybridized carbons (Fsp3) is 0.368. The molecule has 1 heterocycles. The van der Waals surface area contributed by atoms with E-state index in [1.807, 2.05) is 43.5 Å². The highest BCUT2D eigenvalue weighted by Crippen LogP contribution is 2.20. The van der Waals surface area contributed by atoms with Gasteiger partial charge in [0.2, 0.25) is 0 Å². The number of carbonyl (C=O) groups is 2. The Kier molecular flexibility index (Phi) is 6.55. The van der Waals surface area contributed by atoms with Crippen LogP contribution in [0.15, 0.2) is 35.7 Å². The maximum Gasteiger partial charge on any atom is 0.306 e. The van der Waals surface area contributed by atoms with Gasteiger partial charge in [0.25, 0.3) is 5.91 Å². The van der Waals surface area contributed by atoms with Crippen molar-refractivity contribution in [1.82, 2.24) is 0 Å². The summed E-state index contributed by atoms with van der Waals surface area (Å²) in [6.45, 7) is 5.47. The monoisotopic (exact) mass is 345 g/mol. The van der Waals surface area contributed by atoms with Crippen molar-refractivity contribution in [3.8, 4) is 0 Å². The number of anilines is 1. The lowest BCUT2D eigenvalue weighted by Crippen LogP contribution is -2.30. The van der Waals surface area contributed by atoms with E-state index in [1.165, 1.54) is 4.88 Å². The van der Waals surface area contributed by atoms with Crippen LogP contribution in [-0.2, 0) is 20.7 Å². The van der Waals surface area contributed by atoms with E-state index in [4.69, 9.17) is 4.74 Å². The smallest absolute Gasteiger partial charge is 0.306 e. The van der Waals surface area contributed by atoms with Gasteiger partial charge in [-0.2, -0.15) is 0 Å². The lowest BCUT2D eigenvalue weighted by atomic mass is 10.1. The molecule has 1 aromatic carbocycles. The van der Waals surface area contributed by atoms with Crippen molar-refractivity contribution >= 4 is 28.9 Å². The molecule has 1 amide bonds. The molecule has 5 heteroatoms. The molecule has 1 N–H and O–H groups in total. The highest BCUT2D eigenvalue weighted by molar-refractivity contribution is 7.09. The highest BCUT2D eigenvalue weighted by atomic mass is 32.1. The zero-order chi connectivity index (χ0) is 17.5. The van der Waals surface area contributed by atoms with Crippen molar-refractivity contribution in [2.45, 2.75) is 46.1 Å². The Hall–Kier alpha value is -2.14. The Morgan fingerprint density at radius 3 is 2.50 bits per heavy atom. The van der Waals surface area contributed by atoms with Crippen LogP contribution in [0, 0.1) is 13.8 Å².